The summed E-state index contributed by atoms with van der Waals surface area (Å²) in [5.41, 5.74) is 8.26. The fraction of sp³-hybridized carbons (Fsp3) is 0.118. The molecule has 0 saturated heterocycles. The van der Waals surface area contributed by atoms with E-state index in [1.807, 2.05) is 0 Å². The molecule has 0 amide bonds. The van der Waals surface area contributed by atoms with Gasteiger partial charge in [-0.2, -0.15) is 0 Å². The molecule has 0 aliphatic rings. The van der Waals surface area contributed by atoms with Crippen LogP contribution in [0.15, 0.2) is 72.8 Å². The van der Waals surface area contributed by atoms with Crippen molar-refractivity contribution < 1.29 is 0 Å². The van der Waals surface area contributed by atoms with Crippen LogP contribution < -0.4 is 10.4 Å². The molecular weight excluding hydrogens is 408 g/mol. The van der Waals surface area contributed by atoms with Crippen molar-refractivity contribution in [1.82, 2.24) is 0 Å². The predicted octanol–water partition coefficient (Wildman–Crippen LogP) is 7.50. The molecule has 0 radical (unpaired) electrons. The summed E-state index contributed by atoms with van der Waals surface area (Å²) in [7, 11) is 0. The lowest BCUT2D eigenvalue weighted by atomic mass is 9.85. The van der Waals surface area contributed by atoms with Crippen molar-refractivity contribution in [1.29, 1.82) is 0 Å². The monoisotopic (exact) mass is 434 g/mol. The Morgan fingerprint density at radius 1 is 0.412 bits per heavy atom. The van der Waals surface area contributed by atoms with Gasteiger partial charge in [0.2, 0.25) is 0 Å². The van der Waals surface area contributed by atoms with Gasteiger partial charge >= 0.3 is 0 Å². The van der Waals surface area contributed by atoms with Gasteiger partial charge in [0, 0.05) is 0 Å². The normalized spacial score (nSPS) is 12.1. The van der Waals surface area contributed by atoms with Gasteiger partial charge < -0.3 is 0 Å². The summed E-state index contributed by atoms with van der Waals surface area (Å²) in [5.74, 6) is 0. The van der Waals surface area contributed by atoms with E-state index >= 15 is 0 Å². The average Bonchev–Trinajstić information content (AvgIpc) is 2.86. The van der Waals surface area contributed by atoms with Crippen LogP contribution in [-0.2, 0) is 0 Å². The van der Waals surface area contributed by atoms with E-state index in [0.29, 0.717) is 0 Å². The maximum Gasteiger partial charge on any atom is -0.00264 e. The lowest BCUT2D eigenvalue weighted by molar-refractivity contribution is 1.21. The predicted molar refractivity (Wildman–Crippen MR) is 148 cm³/mol. The fourth-order valence-electron chi connectivity index (χ4n) is 6.15. The largest absolute Gasteiger partial charge is 0.0610 e. The van der Waals surface area contributed by atoms with E-state index in [2.05, 4.69) is 113 Å². The molecule has 0 heterocycles. The van der Waals surface area contributed by atoms with Gasteiger partial charge in [0.25, 0.3) is 0 Å². The average molecular weight is 435 g/mol. The molecule has 7 aromatic rings. The van der Waals surface area contributed by atoms with E-state index in [-0.39, 0.29) is 0 Å². The van der Waals surface area contributed by atoms with Crippen molar-refractivity contribution in [3.05, 3.63) is 117 Å². The van der Waals surface area contributed by atoms with Gasteiger partial charge in [-0.1, -0.05) is 72.8 Å². The topological polar surface area (TPSA) is 0 Å². The summed E-state index contributed by atoms with van der Waals surface area (Å²) >= 11 is 0. The molecule has 0 heteroatoms. The first-order valence-corrected chi connectivity index (χ1v) is 12.1. The van der Waals surface area contributed by atoms with Crippen LogP contribution in [0.3, 0.4) is 0 Å². The molecule has 0 aliphatic carbocycles. The number of benzene rings is 5. The lowest BCUT2D eigenvalue weighted by Gasteiger charge is -2.19. The van der Waals surface area contributed by atoms with Crippen LogP contribution in [0.5, 0.6) is 0 Å². The molecule has 0 spiro atoms. The van der Waals surface area contributed by atoms with Crippen molar-refractivity contribution >= 4 is 55.2 Å². The van der Waals surface area contributed by atoms with Gasteiger partial charge in [0.15, 0.2) is 0 Å². The smallest absolute Gasteiger partial charge is 0.00264 e. The van der Waals surface area contributed by atoms with Crippen molar-refractivity contribution in [2.75, 3.05) is 0 Å². The molecule has 0 bridgehead atoms. The molecule has 0 N–H and O–H groups in total. The molecule has 162 valence electrons. The van der Waals surface area contributed by atoms with E-state index in [0.717, 1.165) is 0 Å². The first-order valence-electron chi connectivity index (χ1n) is 12.1. The lowest BCUT2D eigenvalue weighted by Crippen LogP contribution is -2.14. The van der Waals surface area contributed by atoms with Crippen molar-refractivity contribution in [2.24, 2.45) is 0 Å². The van der Waals surface area contributed by atoms with Crippen LogP contribution in [0.4, 0.5) is 0 Å². The van der Waals surface area contributed by atoms with E-state index < -0.39 is 0 Å². The Morgan fingerprint density at radius 2 is 0.706 bits per heavy atom. The maximum atomic E-state index is 2.43. The zero-order valence-electron chi connectivity index (χ0n) is 20.1. The standard InChI is InChI=1S/C34H26/c1-19-20(2)30(18-32-27-15-7-11-24-12-8-16-28(32)34(24)27)22(4)21(3)29(19)17-31-25-13-5-9-23-10-6-14-26(31)33(23)25/h5-18H,1-4H3. The minimum atomic E-state index is 1.34. The van der Waals surface area contributed by atoms with Gasteiger partial charge in [0.05, 0.1) is 0 Å². The van der Waals surface area contributed by atoms with Gasteiger partial charge in [-0.3, -0.25) is 0 Å². The van der Waals surface area contributed by atoms with E-state index in [9.17, 15) is 0 Å². The number of hydrogen-bond donors (Lipinski definition) is 0. The zero-order chi connectivity index (χ0) is 23.1. The Hall–Kier alpha value is -3.90. The molecule has 0 nitrogen and oxygen atoms in total. The minimum absolute atomic E-state index is 1.34. The van der Waals surface area contributed by atoms with Crippen LogP contribution in [0.25, 0.3) is 55.2 Å². The fourth-order valence-corrected chi connectivity index (χ4v) is 6.15. The molecule has 34 heavy (non-hydrogen) atoms. The first-order chi connectivity index (χ1) is 16.5. The van der Waals surface area contributed by atoms with E-state index in [1.54, 1.807) is 0 Å². The maximum absolute atomic E-state index is 2.43. The Kier molecular flexibility index (Phi) is 3.92. The Bertz CT molecular complexity index is 1720. The summed E-state index contributed by atoms with van der Waals surface area (Å²) < 4.78 is 0. The van der Waals surface area contributed by atoms with E-state index in [4.69, 9.17) is 0 Å². The highest BCUT2D eigenvalue weighted by atomic mass is 14.2. The highest BCUT2D eigenvalue weighted by molar-refractivity contribution is 6.18. The highest BCUT2D eigenvalue weighted by Crippen LogP contribution is 2.32. The van der Waals surface area contributed by atoms with E-state index in [1.165, 1.54) is 86.9 Å². The summed E-state index contributed by atoms with van der Waals surface area (Å²) in [5, 5.41) is 13.8. The second kappa shape index (κ2) is 6.81. The molecular formula is C34H26. The molecule has 0 fully saturated rings. The summed E-state index contributed by atoms with van der Waals surface area (Å²) in [6.07, 6.45) is 4.86. The van der Waals surface area contributed by atoms with Crippen LogP contribution in [-0.4, -0.2) is 0 Å². The summed E-state index contributed by atoms with van der Waals surface area (Å²) in [6, 6.07) is 26.6. The van der Waals surface area contributed by atoms with Crippen molar-refractivity contribution in [3.63, 3.8) is 0 Å². The molecule has 7 rings (SSSR count). The molecule has 0 atom stereocenters. The molecule has 0 unspecified atom stereocenters. The molecule has 0 aliphatic heterocycles. The Balaban J connectivity index is 1.47. The van der Waals surface area contributed by atoms with Crippen molar-refractivity contribution in [2.45, 2.75) is 27.7 Å². The van der Waals surface area contributed by atoms with Crippen molar-refractivity contribution in [3.8, 4) is 0 Å². The molecule has 7 aromatic carbocycles. The quantitative estimate of drug-likeness (QED) is 0.264. The van der Waals surface area contributed by atoms with Gasteiger partial charge in [-0.25, -0.2) is 0 Å². The highest BCUT2D eigenvalue weighted by Gasteiger charge is 2.16. The van der Waals surface area contributed by atoms with Gasteiger partial charge in [-0.15, -0.1) is 0 Å². The first kappa shape index (κ1) is 19.6. The second-order valence-electron chi connectivity index (χ2n) is 9.86. The minimum Gasteiger partial charge on any atom is -0.0610 e. The van der Waals surface area contributed by atoms with Crippen LogP contribution in [0.2, 0.25) is 0 Å². The molecule has 0 saturated carbocycles. The van der Waals surface area contributed by atoms with Crippen LogP contribution in [0, 0.1) is 27.7 Å². The Morgan fingerprint density at radius 3 is 1.00 bits per heavy atom. The third-order valence-electron chi connectivity index (χ3n) is 8.29. The number of rotatable bonds is 2. The number of hydrogen-bond acceptors (Lipinski definition) is 0. The third kappa shape index (κ3) is 2.43. The molecule has 0 aromatic heterocycles. The SMILES string of the molecule is Cc1c(C)c(C=c2c3cccc4cccc2c43)c(C)c(C)c1C=c1c2cccc3cccc1c32. The zero-order valence-corrected chi connectivity index (χ0v) is 20.1. The summed E-state index contributed by atoms with van der Waals surface area (Å²) in [4.78, 5) is 0. The third-order valence-corrected chi connectivity index (χ3v) is 8.29. The van der Waals surface area contributed by atoms with Gasteiger partial charge in [0.1, 0.15) is 0 Å². The van der Waals surface area contributed by atoms with Gasteiger partial charge in [-0.05, 0) is 127 Å². The Labute approximate surface area is 199 Å². The van der Waals surface area contributed by atoms with Crippen LogP contribution >= 0.6 is 0 Å². The second-order valence-corrected chi connectivity index (χ2v) is 9.86. The van der Waals surface area contributed by atoms with Crippen LogP contribution in [0.1, 0.15) is 33.4 Å². The summed E-state index contributed by atoms with van der Waals surface area (Å²) in [6.45, 7) is 9.15.